The number of rotatable bonds is 6. The van der Waals surface area contributed by atoms with Crippen molar-refractivity contribution in [2.75, 3.05) is 32.7 Å². The Morgan fingerprint density at radius 3 is 2.94 bits per heavy atom. The molecular weight excluding hydrogens is 254 g/mol. The van der Waals surface area contributed by atoms with Gasteiger partial charge in [-0.2, -0.15) is 0 Å². The van der Waals surface area contributed by atoms with Crippen molar-refractivity contribution < 1.29 is 9.47 Å². The normalized spacial score (nSPS) is 11.2. The van der Waals surface area contributed by atoms with Crippen LogP contribution in [0.25, 0.3) is 11.0 Å². The smallest absolute Gasteiger partial charge is 0.201 e. The molecule has 0 fully saturated rings. The number of imidazole rings is 1. The molecule has 0 radical (unpaired) electrons. The molecule has 1 aromatic heterocycles. The highest BCUT2D eigenvalue weighted by atomic mass is 35.5. The molecule has 1 aromatic carbocycles. The van der Waals surface area contributed by atoms with Crippen LogP contribution in [0.15, 0.2) is 18.2 Å². The number of ether oxygens (including phenoxy) is 2. The standard InChI is InChI=1S/C12H16ClN3O2/c1-17-7-8-18-6-5-16-11-9(13)3-2-4-10(11)15-12(16)14/h2-4H,5-8H2,1H3,(H2,14,15). The summed E-state index contributed by atoms with van der Waals surface area (Å²) >= 11 is 6.16. The molecule has 0 spiro atoms. The molecule has 2 aromatic rings. The molecule has 0 aliphatic carbocycles. The van der Waals surface area contributed by atoms with E-state index >= 15 is 0 Å². The maximum atomic E-state index is 6.16. The van der Waals surface area contributed by atoms with E-state index < -0.39 is 0 Å². The Hall–Kier alpha value is -1.30. The van der Waals surface area contributed by atoms with E-state index in [1.807, 2.05) is 22.8 Å². The molecule has 0 bridgehead atoms. The van der Waals surface area contributed by atoms with E-state index in [0.717, 1.165) is 11.0 Å². The van der Waals surface area contributed by atoms with Gasteiger partial charge in [-0.15, -0.1) is 0 Å². The average molecular weight is 270 g/mol. The fourth-order valence-electron chi connectivity index (χ4n) is 1.79. The average Bonchev–Trinajstić information content (AvgIpc) is 2.67. The highest BCUT2D eigenvalue weighted by Crippen LogP contribution is 2.25. The van der Waals surface area contributed by atoms with Crippen LogP contribution < -0.4 is 5.73 Å². The zero-order valence-corrected chi connectivity index (χ0v) is 11.0. The van der Waals surface area contributed by atoms with Gasteiger partial charge in [0.15, 0.2) is 0 Å². The van der Waals surface area contributed by atoms with E-state index in [9.17, 15) is 0 Å². The molecule has 18 heavy (non-hydrogen) atoms. The molecule has 0 unspecified atom stereocenters. The van der Waals surface area contributed by atoms with E-state index in [1.54, 1.807) is 7.11 Å². The first-order valence-electron chi connectivity index (χ1n) is 5.71. The minimum atomic E-state index is 0.452. The van der Waals surface area contributed by atoms with E-state index in [-0.39, 0.29) is 0 Å². The Labute approximate surface area is 110 Å². The highest BCUT2D eigenvalue weighted by Gasteiger charge is 2.10. The zero-order valence-electron chi connectivity index (χ0n) is 10.2. The van der Waals surface area contributed by atoms with Crippen molar-refractivity contribution in [2.45, 2.75) is 6.54 Å². The van der Waals surface area contributed by atoms with Crippen LogP contribution in [-0.4, -0.2) is 36.5 Å². The molecule has 5 nitrogen and oxygen atoms in total. The van der Waals surface area contributed by atoms with Crippen LogP contribution in [0.2, 0.25) is 5.02 Å². The van der Waals surface area contributed by atoms with Gasteiger partial charge >= 0.3 is 0 Å². The van der Waals surface area contributed by atoms with Gasteiger partial charge in [-0.3, -0.25) is 0 Å². The van der Waals surface area contributed by atoms with Crippen molar-refractivity contribution in [3.63, 3.8) is 0 Å². The van der Waals surface area contributed by atoms with E-state index in [0.29, 0.717) is 37.3 Å². The Morgan fingerprint density at radius 1 is 1.33 bits per heavy atom. The van der Waals surface area contributed by atoms with Crippen LogP contribution in [-0.2, 0) is 16.0 Å². The molecule has 0 aliphatic heterocycles. The molecular formula is C12H16ClN3O2. The largest absolute Gasteiger partial charge is 0.382 e. The van der Waals surface area contributed by atoms with Crippen LogP contribution in [0.3, 0.4) is 0 Å². The lowest BCUT2D eigenvalue weighted by atomic mass is 10.3. The molecule has 0 aliphatic rings. The third-order valence-electron chi connectivity index (χ3n) is 2.64. The summed E-state index contributed by atoms with van der Waals surface area (Å²) < 4.78 is 12.2. The number of nitrogens with zero attached hydrogens (tertiary/aromatic N) is 2. The fourth-order valence-corrected chi connectivity index (χ4v) is 2.06. The van der Waals surface area contributed by atoms with Crippen LogP contribution in [0, 0.1) is 0 Å². The lowest BCUT2D eigenvalue weighted by Gasteiger charge is -2.08. The van der Waals surface area contributed by atoms with Gasteiger partial charge in [-0.25, -0.2) is 4.98 Å². The van der Waals surface area contributed by atoms with Crippen molar-refractivity contribution in [1.29, 1.82) is 0 Å². The molecule has 98 valence electrons. The van der Waals surface area contributed by atoms with Gasteiger partial charge in [-0.1, -0.05) is 17.7 Å². The summed E-state index contributed by atoms with van der Waals surface area (Å²) in [5.41, 5.74) is 7.53. The number of benzene rings is 1. The highest BCUT2D eigenvalue weighted by molar-refractivity contribution is 6.35. The number of nitrogen functional groups attached to an aromatic ring is 1. The second-order valence-electron chi connectivity index (χ2n) is 3.83. The second-order valence-corrected chi connectivity index (χ2v) is 4.24. The quantitative estimate of drug-likeness (QED) is 0.814. The SMILES string of the molecule is COCCOCCn1c(N)nc2cccc(Cl)c21. The first kappa shape index (κ1) is 13.1. The van der Waals surface area contributed by atoms with Crippen LogP contribution in [0.4, 0.5) is 5.95 Å². The van der Waals surface area contributed by atoms with Crippen molar-refractivity contribution in [3.8, 4) is 0 Å². The number of nitrogens with two attached hydrogens (primary N) is 1. The van der Waals surface area contributed by atoms with Gasteiger partial charge < -0.3 is 19.8 Å². The molecule has 0 saturated carbocycles. The van der Waals surface area contributed by atoms with Crippen LogP contribution >= 0.6 is 11.6 Å². The molecule has 0 atom stereocenters. The second kappa shape index (κ2) is 6.04. The number of hydrogen-bond donors (Lipinski definition) is 1. The summed E-state index contributed by atoms with van der Waals surface area (Å²) in [5.74, 6) is 0.452. The number of halogens is 1. The Balaban J connectivity index is 2.10. The predicted octanol–water partition coefficient (Wildman–Crippen LogP) is 1.93. The van der Waals surface area contributed by atoms with Crippen LogP contribution in [0.5, 0.6) is 0 Å². The molecule has 0 saturated heterocycles. The van der Waals surface area contributed by atoms with Gasteiger partial charge in [0.05, 0.1) is 35.9 Å². The van der Waals surface area contributed by atoms with Crippen molar-refractivity contribution in [2.24, 2.45) is 0 Å². The zero-order chi connectivity index (χ0) is 13.0. The summed E-state index contributed by atoms with van der Waals surface area (Å²) in [4.78, 5) is 4.27. The first-order chi connectivity index (χ1) is 8.74. The third-order valence-corrected chi connectivity index (χ3v) is 2.94. The summed E-state index contributed by atoms with van der Waals surface area (Å²) in [7, 11) is 1.64. The number of aromatic nitrogens is 2. The van der Waals surface area contributed by atoms with Gasteiger partial charge in [0.1, 0.15) is 0 Å². The maximum Gasteiger partial charge on any atom is 0.201 e. The minimum Gasteiger partial charge on any atom is -0.382 e. The minimum absolute atomic E-state index is 0.452. The lowest BCUT2D eigenvalue weighted by molar-refractivity contribution is 0.0671. The Bertz CT molecular complexity index is 527. The summed E-state index contributed by atoms with van der Waals surface area (Å²) in [5, 5.41) is 0.647. The topological polar surface area (TPSA) is 62.3 Å². The number of para-hydroxylation sites is 1. The maximum absolute atomic E-state index is 6.16. The third kappa shape index (κ3) is 2.75. The summed E-state index contributed by atoms with van der Waals surface area (Å²) in [6.07, 6.45) is 0. The molecule has 6 heteroatoms. The van der Waals surface area contributed by atoms with Crippen molar-refractivity contribution in [1.82, 2.24) is 9.55 Å². The molecule has 2 rings (SSSR count). The van der Waals surface area contributed by atoms with Gasteiger partial charge in [0, 0.05) is 13.7 Å². The van der Waals surface area contributed by atoms with Crippen molar-refractivity contribution in [3.05, 3.63) is 23.2 Å². The summed E-state index contributed by atoms with van der Waals surface area (Å²) in [6.45, 7) is 2.32. The van der Waals surface area contributed by atoms with E-state index in [4.69, 9.17) is 26.8 Å². The number of anilines is 1. The number of methoxy groups -OCH3 is 1. The Kier molecular flexibility index (Phi) is 4.41. The van der Waals surface area contributed by atoms with E-state index in [2.05, 4.69) is 4.98 Å². The predicted molar refractivity (Wildman–Crippen MR) is 71.9 cm³/mol. The molecule has 1 heterocycles. The fraction of sp³-hybridized carbons (Fsp3) is 0.417. The Morgan fingerprint density at radius 2 is 2.17 bits per heavy atom. The summed E-state index contributed by atoms with van der Waals surface area (Å²) in [6, 6.07) is 5.57. The van der Waals surface area contributed by atoms with Gasteiger partial charge in [0.25, 0.3) is 0 Å². The van der Waals surface area contributed by atoms with Crippen LogP contribution in [0.1, 0.15) is 0 Å². The number of hydrogen-bond acceptors (Lipinski definition) is 4. The monoisotopic (exact) mass is 269 g/mol. The van der Waals surface area contributed by atoms with E-state index in [1.165, 1.54) is 0 Å². The first-order valence-corrected chi connectivity index (χ1v) is 6.08. The van der Waals surface area contributed by atoms with Gasteiger partial charge in [-0.05, 0) is 12.1 Å². The number of fused-ring (bicyclic) bond motifs is 1. The lowest BCUT2D eigenvalue weighted by Crippen LogP contribution is -2.11. The van der Waals surface area contributed by atoms with Crippen molar-refractivity contribution >= 4 is 28.6 Å². The van der Waals surface area contributed by atoms with Gasteiger partial charge in [0.2, 0.25) is 5.95 Å². The molecule has 0 amide bonds. The molecule has 2 N–H and O–H groups in total.